The summed E-state index contributed by atoms with van der Waals surface area (Å²) in [5, 5.41) is 0. The zero-order chi connectivity index (χ0) is 14.2. The number of para-hydroxylation sites is 1. The number of hydrogen-bond donors (Lipinski definition) is 1. The molecule has 0 aliphatic heterocycles. The second-order valence-corrected chi connectivity index (χ2v) is 5.38. The van der Waals surface area contributed by atoms with Crippen molar-refractivity contribution in [3.63, 3.8) is 0 Å². The van der Waals surface area contributed by atoms with Crippen LogP contribution in [0.25, 0.3) is 0 Å². The molecule has 0 aliphatic rings. The van der Waals surface area contributed by atoms with Crippen molar-refractivity contribution in [3.8, 4) is 0 Å². The molecule has 0 bridgehead atoms. The van der Waals surface area contributed by atoms with E-state index in [1.807, 2.05) is 12.1 Å². The number of nitrogen functional groups attached to an aromatic ring is 1. The third-order valence-corrected chi connectivity index (χ3v) is 3.59. The van der Waals surface area contributed by atoms with Crippen LogP contribution in [0.4, 0.5) is 5.69 Å². The molecule has 20 heavy (non-hydrogen) atoms. The van der Waals surface area contributed by atoms with Crippen molar-refractivity contribution in [2.45, 2.75) is 25.8 Å². The summed E-state index contributed by atoms with van der Waals surface area (Å²) in [7, 11) is 2.16. The van der Waals surface area contributed by atoms with E-state index in [1.54, 1.807) is 0 Å². The first-order chi connectivity index (χ1) is 9.75. The van der Waals surface area contributed by atoms with Crippen molar-refractivity contribution in [2.24, 2.45) is 0 Å². The highest BCUT2D eigenvalue weighted by Crippen LogP contribution is 2.13. The van der Waals surface area contributed by atoms with Gasteiger partial charge in [-0.2, -0.15) is 0 Å². The first kappa shape index (κ1) is 14.6. The molecular formula is C18H24N2. The molecule has 0 spiro atoms. The molecule has 2 heteroatoms. The van der Waals surface area contributed by atoms with Crippen LogP contribution in [-0.4, -0.2) is 18.5 Å². The van der Waals surface area contributed by atoms with Gasteiger partial charge in [-0.05, 0) is 50.0 Å². The molecule has 2 aromatic carbocycles. The average molecular weight is 268 g/mol. The first-order valence-corrected chi connectivity index (χ1v) is 7.31. The molecule has 106 valence electrons. The van der Waals surface area contributed by atoms with E-state index in [1.165, 1.54) is 30.4 Å². The lowest BCUT2D eigenvalue weighted by Crippen LogP contribution is -2.19. The molecule has 2 nitrogen and oxygen atoms in total. The molecule has 2 N–H and O–H groups in total. The van der Waals surface area contributed by atoms with Gasteiger partial charge in [0.2, 0.25) is 0 Å². The van der Waals surface area contributed by atoms with Gasteiger partial charge in [-0.1, -0.05) is 48.5 Å². The minimum absolute atomic E-state index is 0.892. The summed E-state index contributed by atoms with van der Waals surface area (Å²) in [6.45, 7) is 2.04. The van der Waals surface area contributed by atoms with E-state index in [9.17, 15) is 0 Å². The van der Waals surface area contributed by atoms with Gasteiger partial charge in [-0.15, -0.1) is 0 Å². The summed E-state index contributed by atoms with van der Waals surface area (Å²) >= 11 is 0. The van der Waals surface area contributed by atoms with Gasteiger partial charge < -0.3 is 10.6 Å². The number of rotatable bonds is 7. The van der Waals surface area contributed by atoms with Gasteiger partial charge in [0, 0.05) is 12.2 Å². The number of anilines is 1. The lowest BCUT2D eigenvalue weighted by atomic mass is 10.1. The molecule has 0 atom stereocenters. The number of hydrogen-bond acceptors (Lipinski definition) is 2. The second kappa shape index (κ2) is 7.71. The molecule has 0 heterocycles. The lowest BCUT2D eigenvalue weighted by Gasteiger charge is -2.17. The third kappa shape index (κ3) is 4.71. The molecule has 0 fully saturated rings. The van der Waals surface area contributed by atoms with Gasteiger partial charge in [0.25, 0.3) is 0 Å². The lowest BCUT2D eigenvalue weighted by molar-refractivity contribution is 0.319. The van der Waals surface area contributed by atoms with Gasteiger partial charge >= 0.3 is 0 Å². The molecule has 0 aromatic heterocycles. The Morgan fingerprint density at radius 1 is 0.900 bits per heavy atom. The van der Waals surface area contributed by atoms with Crippen LogP contribution in [0.1, 0.15) is 24.0 Å². The normalized spacial score (nSPS) is 10.9. The van der Waals surface area contributed by atoms with Crippen LogP contribution < -0.4 is 5.73 Å². The highest BCUT2D eigenvalue weighted by Gasteiger charge is 2.03. The Labute approximate surface area is 122 Å². The Kier molecular flexibility index (Phi) is 5.63. The van der Waals surface area contributed by atoms with Crippen molar-refractivity contribution in [1.29, 1.82) is 0 Å². The van der Waals surface area contributed by atoms with E-state index in [2.05, 4.69) is 54.4 Å². The van der Waals surface area contributed by atoms with E-state index in [0.717, 1.165) is 18.8 Å². The minimum atomic E-state index is 0.892. The van der Waals surface area contributed by atoms with E-state index in [4.69, 9.17) is 5.73 Å². The fraction of sp³-hybridized carbons (Fsp3) is 0.333. The quantitative estimate of drug-likeness (QED) is 0.612. The maximum absolute atomic E-state index is 5.97. The summed E-state index contributed by atoms with van der Waals surface area (Å²) in [4.78, 5) is 2.34. The predicted molar refractivity (Wildman–Crippen MR) is 86.6 cm³/mol. The molecule has 0 unspecified atom stereocenters. The summed E-state index contributed by atoms with van der Waals surface area (Å²) in [6.07, 6.45) is 3.62. The second-order valence-electron chi connectivity index (χ2n) is 5.38. The summed E-state index contributed by atoms with van der Waals surface area (Å²) in [5.41, 5.74) is 9.52. The first-order valence-electron chi connectivity index (χ1n) is 7.31. The van der Waals surface area contributed by atoms with Gasteiger partial charge in [-0.25, -0.2) is 0 Å². The van der Waals surface area contributed by atoms with E-state index < -0.39 is 0 Å². The fourth-order valence-corrected chi connectivity index (χ4v) is 2.40. The van der Waals surface area contributed by atoms with Gasteiger partial charge in [0.05, 0.1) is 0 Å². The average Bonchev–Trinajstić information content (AvgIpc) is 2.47. The summed E-state index contributed by atoms with van der Waals surface area (Å²) in [6, 6.07) is 18.8. The highest BCUT2D eigenvalue weighted by molar-refractivity contribution is 5.46. The van der Waals surface area contributed by atoms with Crippen LogP contribution in [0.5, 0.6) is 0 Å². The Hall–Kier alpha value is -1.80. The zero-order valence-electron chi connectivity index (χ0n) is 12.3. The molecule has 0 radical (unpaired) electrons. The smallest absolute Gasteiger partial charge is 0.0359 e. The van der Waals surface area contributed by atoms with Gasteiger partial charge in [0.1, 0.15) is 0 Å². The third-order valence-electron chi connectivity index (χ3n) is 3.59. The molecule has 2 aromatic rings. The molecule has 0 amide bonds. The van der Waals surface area contributed by atoms with Crippen LogP contribution in [0.3, 0.4) is 0 Å². The maximum Gasteiger partial charge on any atom is 0.0359 e. The maximum atomic E-state index is 5.97. The SMILES string of the molecule is CN(CCCCc1ccccc1)Cc1ccccc1N. The van der Waals surface area contributed by atoms with Crippen LogP contribution in [0, 0.1) is 0 Å². The predicted octanol–water partition coefficient (Wildman–Crippen LogP) is 3.72. The standard InChI is InChI=1S/C18H24N2/c1-20(15-17-12-5-6-13-18(17)19)14-8-7-11-16-9-3-2-4-10-16/h2-6,9-10,12-13H,7-8,11,14-15,19H2,1H3. The fourth-order valence-electron chi connectivity index (χ4n) is 2.40. The van der Waals surface area contributed by atoms with Gasteiger partial charge in [-0.3, -0.25) is 0 Å². The highest BCUT2D eigenvalue weighted by atomic mass is 15.1. The van der Waals surface area contributed by atoms with Crippen LogP contribution in [0.15, 0.2) is 54.6 Å². The minimum Gasteiger partial charge on any atom is -0.398 e. The number of unbranched alkanes of at least 4 members (excludes halogenated alkanes) is 1. The number of nitrogens with two attached hydrogens (primary N) is 1. The van der Waals surface area contributed by atoms with Crippen molar-refractivity contribution in [3.05, 3.63) is 65.7 Å². The van der Waals surface area contributed by atoms with E-state index >= 15 is 0 Å². The zero-order valence-corrected chi connectivity index (χ0v) is 12.3. The van der Waals surface area contributed by atoms with Crippen LogP contribution in [-0.2, 0) is 13.0 Å². The molecule has 0 saturated heterocycles. The number of benzene rings is 2. The molecular weight excluding hydrogens is 244 g/mol. The van der Waals surface area contributed by atoms with Crippen molar-refractivity contribution in [1.82, 2.24) is 4.90 Å². The number of aryl methyl sites for hydroxylation is 1. The van der Waals surface area contributed by atoms with Crippen LogP contribution >= 0.6 is 0 Å². The van der Waals surface area contributed by atoms with E-state index in [-0.39, 0.29) is 0 Å². The van der Waals surface area contributed by atoms with Crippen molar-refractivity contribution >= 4 is 5.69 Å². The number of nitrogens with zero attached hydrogens (tertiary/aromatic N) is 1. The topological polar surface area (TPSA) is 29.3 Å². The van der Waals surface area contributed by atoms with Crippen molar-refractivity contribution in [2.75, 3.05) is 19.3 Å². The Balaban J connectivity index is 1.68. The Morgan fingerprint density at radius 3 is 2.35 bits per heavy atom. The van der Waals surface area contributed by atoms with Crippen molar-refractivity contribution < 1.29 is 0 Å². The van der Waals surface area contributed by atoms with Crippen LogP contribution in [0.2, 0.25) is 0 Å². The van der Waals surface area contributed by atoms with Gasteiger partial charge in [0.15, 0.2) is 0 Å². The summed E-state index contributed by atoms with van der Waals surface area (Å²) in [5.74, 6) is 0. The summed E-state index contributed by atoms with van der Waals surface area (Å²) < 4.78 is 0. The molecule has 0 saturated carbocycles. The monoisotopic (exact) mass is 268 g/mol. The molecule has 0 aliphatic carbocycles. The molecule has 2 rings (SSSR count). The van der Waals surface area contributed by atoms with E-state index in [0.29, 0.717) is 0 Å². The Bertz CT molecular complexity index is 508. The largest absolute Gasteiger partial charge is 0.398 e. The Morgan fingerprint density at radius 2 is 1.60 bits per heavy atom.